The number of ether oxygens (including phenoxy) is 1. The Morgan fingerprint density at radius 2 is 1.68 bits per heavy atom. The lowest BCUT2D eigenvalue weighted by atomic mass is 9.86. The maximum atomic E-state index is 6.10. The van der Waals surface area contributed by atoms with Crippen LogP contribution in [0.25, 0.3) is 21.9 Å². The van der Waals surface area contributed by atoms with Crippen molar-refractivity contribution >= 4 is 10.8 Å². The van der Waals surface area contributed by atoms with Crippen LogP contribution in [0.15, 0.2) is 54.9 Å². The highest BCUT2D eigenvalue weighted by atomic mass is 16.5. The van der Waals surface area contributed by atoms with Crippen LogP contribution in [0, 0.1) is 5.92 Å². The molecule has 6 rings (SSSR count). The molecule has 1 aromatic heterocycles. The van der Waals surface area contributed by atoms with E-state index in [0.29, 0.717) is 11.9 Å². The molecule has 126 valence electrons. The maximum absolute atomic E-state index is 6.10. The van der Waals surface area contributed by atoms with E-state index >= 15 is 0 Å². The first-order chi connectivity index (χ1) is 12.4. The van der Waals surface area contributed by atoms with Gasteiger partial charge in [-0.15, -0.1) is 0 Å². The first-order valence-corrected chi connectivity index (χ1v) is 9.06. The van der Waals surface area contributed by atoms with Crippen LogP contribution < -0.4 is 4.74 Å². The quantitative estimate of drug-likeness (QED) is 0.732. The molecule has 1 unspecified atom stereocenters. The summed E-state index contributed by atoms with van der Waals surface area (Å²) in [7, 11) is 0. The molecule has 2 aromatic carbocycles. The van der Waals surface area contributed by atoms with E-state index in [4.69, 9.17) is 4.74 Å². The smallest absolute Gasteiger partial charge is 0.316 e. The van der Waals surface area contributed by atoms with Crippen molar-refractivity contribution in [3.8, 4) is 17.1 Å². The van der Waals surface area contributed by atoms with Crippen molar-refractivity contribution in [1.82, 2.24) is 14.9 Å². The zero-order chi connectivity index (χ0) is 16.6. The topological polar surface area (TPSA) is 38.2 Å². The zero-order valence-electron chi connectivity index (χ0n) is 14.1. The molecule has 3 aliphatic heterocycles. The highest BCUT2D eigenvalue weighted by Crippen LogP contribution is 2.31. The van der Waals surface area contributed by atoms with Gasteiger partial charge in [0.1, 0.15) is 6.10 Å². The lowest BCUT2D eigenvalue weighted by Gasteiger charge is -2.43. The molecule has 3 fully saturated rings. The molecular weight excluding hydrogens is 310 g/mol. The largest absolute Gasteiger partial charge is 0.458 e. The van der Waals surface area contributed by atoms with Crippen molar-refractivity contribution in [2.45, 2.75) is 18.9 Å². The Bertz CT molecular complexity index is 880. The summed E-state index contributed by atoms with van der Waals surface area (Å²) in [6.45, 7) is 3.44. The molecule has 25 heavy (non-hydrogen) atoms. The Morgan fingerprint density at radius 1 is 0.920 bits per heavy atom. The van der Waals surface area contributed by atoms with Crippen molar-refractivity contribution in [3.63, 3.8) is 0 Å². The summed E-state index contributed by atoms with van der Waals surface area (Å²) in [6, 6.07) is 15.2. The second-order valence-corrected chi connectivity index (χ2v) is 7.08. The summed E-state index contributed by atoms with van der Waals surface area (Å²) in [6.07, 6.45) is 6.47. The van der Waals surface area contributed by atoms with Gasteiger partial charge >= 0.3 is 6.01 Å². The molecule has 0 N–H and O–H groups in total. The molecule has 0 saturated carbocycles. The van der Waals surface area contributed by atoms with Gasteiger partial charge < -0.3 is 4.74 Å². The van der Waals surface area contributed by atoms with Crippen LogP contribution in [0.4, 0.5) is 0 Å². The van der Waals surface area contributed by atoms with Crippen LogP contribution in [0.5, 0.6) is 6.01 Å². The van der Waals surface area contributed by atoms with Crippen molar-refractivity contribution in [3.05, 3.63) is 54.9 Å². The zero-order valence-corrected chi connectivity index (χ0v) is 14.1. The molecule has 0 aliphatic carbocycles. The fourth-order valence-electron chi connectivity index (χ4n) is 4.17. The number of hydrogen-bond acceptors (Lipinski definition) is 4. The Hall–Kier alpha value is -2.46. The van der Waals surface area contributed by atoms with Crippen LogP contribution in [-0.4, -0.2) is 40.6 Å². The predicted octanol–water partition coefficient (Wildman–Crippen LogP) is 3.77. The van der Waals surface area contributed by atoms with Crippen LogP contribution in [0.3, 0.4) is 0 Å². The lowest BCUT2D eigenvalue weighted by Crippen LogP contribution is -2.52. The third-order valence-corrected chi connectivity index (χ3v) is 5.58. The second kappa shape index (κ2) is 6.12. The van der Waals surface area contributed by atoms with E-state index in [1.165, 1.54) is 36.7 Å². The third-order valence-electron chi connectivity index (χ3n) is 5.58. The highest BCUT2D eigenvalue weighted by molar-refractivity contribution is 5.96. The number of rotatable bonds is 3. The van der Waals surface area contributed by atoms with Crippen molar-refractivity contribution < 1.29 is 4.74 Å². The fraction of sp³-hybridized carbons (Fsp3) is 0.333. The van der Waals surface area contributed by atoms with E-state index in [2.05, 4.69) is 57.3 Å². The summed E-state index contributed by atoms with van der Waals surface area (Å²) in [5.41, 5.74) is 2.19. The van der Waals surface area contributed by atoms with Crippen molar-refractivity contribution in [2.24, 2.45) is 5.92 Å². The summed E-state index contributed by atoms with van der Waals surface area (Å²) in [4.78, 5) is 11.5. The lowest BCUT2D eigenvalue weighted by molar-refractivity contribution is -0.0123. The maximum Gasteiger partial charge on any atom is 0.316 e. The van der Waals surface area contributed by atoms with Crippen LogP contribution >= 0.6 is 0 Å². The van der Waals surface area contributed by atoms with Gasteiger partial charge in [0.05, 0.1) is 0 Å². The van der Waals surface area contributed by atoms with Gasteiger partial charge in [0.15, 0.2) is 0 Å². The molecule has 3 saturated heterocycles. The van der Waals surface area contributed by atoms with Crippen molar-refractivity contribution in [1.29, 1.82) is 0 Å². The Labute approximate surface area is 147 Å². The molecule has 4 heteroatoms. The Morgan fingerprint density at radius 3 is 2.44 bits per heavy atom. The Kier molecular flexibility index (Phi) is 3.63. The van der Waals surface area contributed by atoms with Gasteiger partial charge in [-0.3, -0.25) is 4.90 Å². The van der Waals surface area contributed by atoms with Crippen LogP contribution in [0.2, 0.25) is 0 Å². The molecule has 0 amide bonds. The van der Waals surface area contributed by atoms with E-state index in [0.717, 1.165) is 17.7 Å². The number of hydrogen-bond donors (Lipinski definition) is 0. The average Bonchev–Trinajstić information content (AvgIpc) is 2.69. The molecule has 2 bridgehead atoms. The summed E-state index contributed by atoms with van der Waals surface area (Å²) in [5, 5.41) is 2.45. The monoisotopic (exact) mass is 331 g/mol. The minimum atomic E-state index is 0.242. The van der Waals surface area contributed by atoms with Crippen LogP contribution in [0.1, 0.15) is 12.8 Å². The minimum absolute atomic E-state index is 0.242. The third kappa shape index (κ3) is 2.76. The fourth-order valence-corrected chi connectivity index (χ4v) is 4.17. The summed E-state index contributed by atoms with van der Waals surface area (Å²) >= 11 is 0. The molecule has 0 radical (unpaired) electrons. The van der Waals surface area contributed by atoms with E-state index in [1.807, 2.05) is 12.4 Å². The average molecular weight is 331 g/mol. The number of benzene rings is 2. The van der Waals surface area contributed by atoms with E-state index in [-0.39, 0.29) is 6.10 Å². The molecule has 1 atom stereocenters. The molecule has 3 aromatic rings. The summed E-state index contributed by atoms with van der Waals surface area (Å²) in [5.74, 6) is 0.659. The highest BCUT2D eigenvalue weighted by Gasteiger charge is 2.35. The molecular formula is C21H21N3O. The molecule has 4 heterocycles. The first-order valence-electron chi connectivity index (χ1n) is 9.06. The second-order valence-electron chi connectivity index (χ2n) is 7.08. The van der Waals surface area contributed by atoms with Gasteiger partial charge in [0.25, 0.3) is 0 Å². The van der Waals surface area contributed by atoms with E-state index < -0.39 is 0 Å². The van der Waals surface area contributed by atoms with Crippen molar-refractivity contribution in [2.75, 3.05) is 19.6 Å². The number of piperidine rings is 3. The van der Waals surface area contributed by atoms with Gasteiger partial charge in [0.2, 0.25) is 0 Å². The minimum Gasteiger partial charge on any atom is -0.458 e. The Balaban J connectivity index is 1.40. The molecule has 4 nitrogen and oxygen atoms in total. The normalized spacial score (nSPS) is 25.2. The standard InChI is InChI=1S/C21H21N3O/c1-2-6-18-15(4-1)5-3-7-19(18)17-12-22-21(23-13-17)25-20-14-24-10-8-16(20)9-11-24/h1-7,12-13,16,20H,8-11,14H2. The SMILES string of the molecule is c1ccc2c(-c3cnc(OC4CN5CCC4CC5)nc3)cccc2c1. The van der Waals surface area contributed by atoms with Crippen LogP contribution in [-0.2, 0) is 0 Å². The number of fused-ring (bicyclic) bond motifs is 4. The van der Waals surface area contributed by atoms with E-state index in [9.17, 15) is 0 Å². The molecule has 0 spiro atoms. The number of nitrogens with zero attached hydrogens (tertiary/aromatic N) is 3. The van der Waals surface area contributed by atoms with Gasteiger partial charge in [-0.1, -0.05) is 42.5 Å². The predicted molar refractivity (Wildman–Crippen MR) is 98.6 cm³/mol. The van der Waals surface area contributed by atoms with Gasteiger partial charge in [-0.2, -0.15) is 0 Å². The van der Waals surface area contributed by atoms with Gasteiger partial charge in [-0.25, -0.2) is 9.97 Å². The summed E-state index contributed by atoms with van der Waals surface area (Å²) < 4.78 is 6.10. The van der Waals surface area contributed by atoms with Gasteiger partial charge in [-0.05, 0) is 48.2 Å². The molecule has 3 aliphatic rings. The van der Waals surface area contributed by atoms with Gasteiger partial charge in [0, 0.05) is 24.5 Å². The number of aromatic nitrogens is 2. The first kappa shape index (κ1) is 14.8. The van der Waals surface area contributed by atoms with E-state index in [1.54, 1.807) is 0 Å².